The van der Waals surface area contributed by atoms with Crippen LogP contribution in [0.1, 0.15) is 46.1 Å². The number of nitrogens with zero attached hydrogens (tertiary/aromatic N) is 2. The van der Waals surface area contributed by atoms with E-state index in [4.69, 9.17) is 9.85 Å². The van der Waals surface area contributed by atoms with E-state index >= 15 is 0 Å². The van der Waals surface area contributed by atoms with Crippen LogP contribution in [0.15, 0.2) is 63.9 Å². The van der Waals surface area contributed by atoms with Gasteiger partial charge in [-0.2, -0.15) is 10.2 Å². The molecule has 1 aliphatic heterocycles. The predicted octanol–water partition coefficient (Wildman–Crippen LogP) is 3.39. The van der Waals surface area contributed by atoms with Crippen molar-refractivity contribution in [3.8, 4) is 0 Å². The molecule has 0 amide bonds. The number of hydrogen-bond acceptors (Lipinski definition) is 7. The zero-order chi connectivity index (χ0) is 25.2. The largest absolute Gasteiger partial charge is 0.392 e. The van der Waals surface area contributed by atoms with Crippen LogP contribution in [-0.4, -0.2) is 56.8 Å². The number of hydrogen-bond donors (Lipinski definition) is 3. The summed E-state index contributed by atoms with van der Waals surface area (Å²) in [6.45, 7) is 7.76. The summed E-state index contributed by atoms with van der Waals surface area (Å²) in [5.74, 6) is -2.38. The zero-order valence-electron chi connectivity index (χ0n) is 20.9. The molecule has 0 bridgehead atoms. The topological polar surface area (TPSA) is 112 Å². The third-order valence-electron chi connectivity index (χ3n) is 8.89. The molecular formula is C28H36N2O5. The molecule has 0 radical (unpaired) electrons. The molecule has 7 heteroatoms. The Morgan fingerprint density at radius 2 is 1.83 bits per heavy atom. The van der Waals surface area contributed by atoms with Crippen molar-refractivity contribution in [1.29, 1.82) is 0 Å². The maximum Gasteiger partial charge on any atom is 0.190 e. The molecule has 3 N–H and O–H groups in total. The van der Waals surface area contributed by atoms with Gasteiger partial charge in [0, 0.05) is 30.6 Å². The maximum atomic E-state index is 13.1. The lowest BCUT2D eigenvalue weighted by Gasteiger charge is -2.57. The Morgan fingerprint density at radius 3 is 2.51 bits per heavy atom. The second kappa shape index (κ2) is 8.17. The summed E-state index contributed by atoms with van der Waals surface area (Å²) in [4.78, 5) is 13.1. The Morgan fingerprint density at radius 1 is 1.11 bits per heavy atom. The first kappa shape index (κ1) is 24.5. The third-order valence-corrected chi connectivity index (χ3v) is 8.89. The van der Waals surface area contributed by atoms with Gasteiger partial charge in [-0.3, -0.25) is 4.79 Å². The number of ether oxygens (including phenoxy) is 1. The van der Waals surface area contributed by atoms with E-state index < -0.39 is 34.3 Å². The first-order valence-electron chi connectivity index (χ1n) is 12.6. The SMILES string of the molecule is CC1=C[C@H]2[C@@]3(O)[C@H](C)C[C@]4(OCCc5ccccc5)N=NC(C)(C)[C@H]4[C@@H]3C=C(CO)C[C@]2(O)C1=O. The number of aliphatic hydroxyl groups excluding tert-OH is 1. The van der Waals surface area contributed by atoms with E-state index in [0.717, 1.165) is 6.42 Å². The van der Waals surface area contributed by atoms with Crippen LogP contribution in [0.4, 0.5) is 0 Å². The van der Waals surface area contributed by atoms with Crippen LogP contribution >= 0.6 is 0 Å². The number of azo groups is 1. The molecule has 1 heterocycles. The maximum absolute atomic E-state index is 13.1. The number of benzene rings is 1. The molecule has 1 aromatic carbocycles. The molecule has 1 saturated carbocycles. The summed E-state index contributed by atoms with van der Waals surface area (Å²) in [7, 11) is 0. The van der Waals surface area contributed by atoms with Crippen LogP contribution in [0.5, 0.6) is 0 Å². The Hall–Kier alpha value is -2.19. The lowest BCUT2D eigenvalue weighted by atomic mass is 9.52. The molecule has 7 atom stereocenters. The van der Waals surface area contributed by atoms with E-state index in [0.29, 0.717) is 24.2 Å². The molecule has 0 saturated heterocycles. The summed E-state index contributed by atoms with van der Waals surface area (Å²) in [6, 6.07) is 10.1. The highest BCUT2D eigenvalue weighted by Gasteiger charge is 2.71. The summed E-state index contributed by atoms with van der Waals surface area (Å²) in [5, 5.41) is 43.7. The van der Waals surface area contributed by atoms with Crippen LogP contribution in [0.25, 0.3) is 0 Å². The molecule has 4 aliphatic rings. The molecule has 188 valence electrons. The number of carbonyl (C=O) groups excluding carboxylic acids is 1. The van der Waals surface area contributed by atoms with Gasteiger partial charge in [0.05, 0.1) is 24.4 Å². The van der Waals surface area contributed by atoms with E-state index in [1.165, 1.54) is 5.56 Å². The molecule has 0 spiro atoms. The average molecular weight is 481 g/mol. The van der Waals surface area contributed by atoms with Crippen LogP contribution in [-0.2, 0) is 16.0 Å². The predicted molar refractivity (Wildman–Crippen MR) is 130 cm³/mol. The monoisotopic (exact) mass is 480 g/mol. The van der Waals surface area contributed by atoms with Gasteiger partial charge in [0.15, 0.2) is 11.5 Å². The number of ketones is 1. The molecule has 1 aromatic rings. The lowest BCUT2D eigenvalue weighted by Crippen LogP contribution is -2.67. The Balaban J connectivity index is 1.57. The molecule has 3 aliphatic carbocycles. The van der Waals surface area contributed by atoms with Crippen molar-refractivity contribution in [2.24, 2.45) is 33.9 Å². The minimum absolute atomic E-state index is 0.00430. The van der Waals surface area contributed by atoms with Crippen molar-refractivity contribution in [2.75, 3.05) is 13.2 Å². The fourth-order valence-corrected chi connectivity index (χ4v) is 7.31. The highest BCUT2D eigenvalue weighted by Crippen LogP contribution is 2.63. The van der Waals surface area contributed by atoms with Crippen LogP contribution in [0, 0.1) is 23.7 Å². The Kier molecular flexibility index (Phi) is 5.72. The van der Waals surface area contributed by atoms with Crippen molar-refractivity contribution >= 4 is 5.78 Å². The number of fused-ring (bicyclic) bond motifs is 5. The van der Waals surface area contributed by atoms with E-state index in [2.05, 4.69) is 17.2 Å². The van der Waals surface area contributed by atoms with Gasteiger partial charge in [0.2, 0.25) is 0 Å². The number of rotatable bonds is 5. The van der Waals surface area contributed by atoms with Gasteiger partial charge in [0.25, 0.3) is 0 Å². The molecule has 5 rings (SSSR count). The molecule has 7 nitrogen and oxygen atoms in total. The van der Waals surface area contributed by atoms with Gasteiger partial charge in [0.1, 0.15) is 5.60 Å². The van der Waals surface area contributed by atoms with Gasteiger partial charge >= 0.3 is 0 Å². The van der Waals surface area contributed by atoms with E-state index in [1.54, 1.807) is 13.0 Å². The van der Waals surface area contributed by atoms with Crippen molar-refractivity contribution in [3.05, 3.63) is 59.2 Å². The molecule has 0 aromatic heterocycles. The first-order valence-corrected chi connectivity index (χ1v) is 12.6. The fraction of sp³-hybridized carbons (Fsp3) is 0.607. The fourth-order valence-electron chi connectivity index (χ4n) is 7.31. The number of aliphatic hydroxyl groups is 3. The summed E-state index contributed by atoms with van der Waals surface area (Å²) in [5.41, 5.74) is -2.62. The standard InChI is InChI=1S/C28H36N2O5/c1-17-12-22-26(33,24(17)32)15-20(16-31)13-21-23-25(3,4)29-30-27(23,14-18(2)28(21,22)34)35-11-10-19-8-6-5-7-9-19/h5-9,12-13,18,21-23,31,33-34H,10-11,14-16H2,1-4H3/t18-,21+,22-,23-,26-,27-,28-/m1/s1. The Labute approximate surface area is 206 Å². The zero-order valence-corrected chi connectivity index (χ0v) is 20.9. The quantitative estimate of drug-likeness (QED) is 0.560. The van der Waals surface area contributed by atoms with Gasteiger partial charge in [-0.15, -0.1) is 0 Å². The smallest absolute Gasteiger partial charge is 0.190 e. The first-order chi connectivity index (χ1) is 16.5. The van der Waals surface area contributed by atoms with Crippen LogP contribution < -0.4 is 0 Å². The van der Waals surface area contributed by atoms with Crippen molar-refractivity contribution < 1.29 is 24.9 Å². The van der Waals surface area contributed by atoms with E-state index in [9.17, 15) is 20.1 Å². The van der Waals surface area contributed by atoms with Gasteiger partial charge in [-0.05, 0) is 49.8 Å². The molecule has 1 fully saturated rings. The van der Waals surface area contributed by atoms with E-state index in [-0.39, 0.29) is 30.6 Å². The second-order valence-corrected chi connectivity index (χ2v) is 11.5. The normalized spacial score (nSPS) is 41.5. The highest BCUT2D eigenvalue weighted by molar-refractivity contribution is 6.04. The number of Topliss-reactive ketones (excluding diaryl/α,β-unsaturated/α-hetero) is 1. The molecule has 0 unspecified atom stereocenters. The van der Waals surface area contributed by atoms with E-state index in [1.807, 2.05) is 45.0 Å². The summed E-state index contributed by atoms with van der Waals surface area (Å²) >= 11 is 0. The van der Waals surface area contributed by atoms with Crippen molar-refractivity contribution in [3.63, 3.8) is 0 Å². The summed E-state index contributed by atoms with van der Waals surface area (Å²) < 4.78 is 6.58. The average Bonchev–Trinajstić information content (AvgIpc) is 3.17. The third kappa shape index (κ3) is 3.50. The van der Waals surface area contributed by atoms with Crippen molar-refractivity contribution in [1.82, 2.24) is 0 Å². The number of carbonyl (C=O) groups is 1. The molecule has 35 heavy (non-hydrogen) atoms. The van der Waals surface area contributed by atoms with Gasteiger partial charge in [-0.25, -0.2) is 0 Å². The van der Waals surface area contributed by atoms with Gasteiger partial charge < -0.3 is 20.1 Å². The highest BCUT2D eigenvalue weighted by atomic mass is 16.5. The molecular weight excluding hydrogens is 444 g/mol. The summed E-state index contributed by atoms with van der Waals surface area (Å²) in [6.07, 6.45) is 4.75. The minimum atomic E-state index is -1.78. The lowest BCUT2D eigenvalue weighted by molar-refractivity contribution is -0.226. The van der Waals surface area contributed by atoms with Crippen molar-refractivity contribution in [2.45, 2.75) is 69.4 Å². The Bertz CT molecular complexity index is 1110. The van der Waals surface area contributed by atoms with Gasteiger partial charge in [-0.1, -0.05) is 49.4 Å². The minimum Gasteiger partial charge on any atom is -0.392 e. The van der Waals surface area contributed by atoms with Crippen LogP contribution in [0.2, 0.25) is 0 Å². The van der Waals surface area contributed by atoms with Crippen LogP contribution in [0.3, 0.4) is 0 Å². The second-order valence-electron chi connectivity index (χ2n) is 11.5.